The molecule has 1 rings (SSSR count). The number of halogens is 1. The highest BCUT2D eigenvalue weighted by atomic mass is 35.5. The largest absolute Gasteiger partial charge is 0.488 e. The minimum absolute atomic E-state index is 0.376. The van der Waals surface area contributed by atoms with Gasteiger partial charge in [0.15, 0.2) is 0 Å². The number of nitrogens with two attached hydrogens (primary N) is 1. The Bertz CT molecular complexity index is 304. The van der Waals surface area contributed by atoms with Crippen LogP contribution in [-0.4, -0.2) is 17.2 Å². The molecule has 12 heavy (non-hydrogen) atoms. The summed E-state index contributed by atoms with van der Waals surface area (Å²) in [6.07, 6.45) is 0. The standard InChI is InChI=1S/C7H9BClNO2/c1-4-5(8(11)12)2-3-6(10)7(4)9/h2-3,11-12H,10H2,1H3. The Labute approximate surface area is 75.9 Å². The van der Waals surface area contributed by atoms with Crippen LogP contribution in [0.2, 0.25) is 5.02 Å². The average Bonchev–Trinajstić information content (AvgIpc) is 2.00. The highest BCUT2D eigenvalue weighted by Gasteiger charge is 2.16. The zero-order valence-corrected chi connectivity index (χ0v) is 7.34. The van der Waals surface area contributed by atoms with Crippen molar-refractivity contribution in [2.75, 3.05) is 5.73 Å². The Balaban J connectivity index is 3.27. The molecule has 5 heteroatoms. The number of rotatable bonds is 1. The van der Waals surface area contributed by atoms with Crippen molar-refractivity contribution in [3.63, 3.8) is 0 Å². The molecule has 64 valence electrons. The quantitative estimate of drug-likeness (QED) is 0.423. The van der Waals surface area contributed by atoms with E-state index in [1.54, 1.807) is 19.1 Å². The van der Waals surface area contributed by atoms with Crippen molar-refractivity contribution in [2.24, 2.45) is 0 Å². The third kappa shape index (κ3) is 1.55. The third-order valence-corrected chi connectivity index (χ3v) is 2.24. The molecule has 1 aromatic carbocycles. The van der Waals surface area contributed by atoms with Crippen molar-refractivity contribution in [3.05, 3.63) is 22.7 Å². The van der Waals surface area contributed by atoms with Crippen LogP contribution in [0.3, 0.4) is 0 Å². The zero-order chi connectivity index (χ0) is 9.30. The normalized spacial score (nSPS) is 10.0. The second-order valence-electron chi connectivity index (χ2n) is 2.56. The van der Waals surface area contributed by atoms with Gasteiger partial charge in [0.25, 0.3) is 0 Å². The van der Waals surface area contributed by atoms with Crippen molar-refractivity contribution in [1.29, 1.82) is 0 Å². The van der Waals surface area contributed by atoms with Crippen LogP contribution in [0.5, 0.6) is 0 Å². The van der Waals surface area contributed by atoms with Crippen LogP contribution in [0.1, 0.15) is 5.56 Å². The topological polar surface area (TPSA) is 66.5 Å². The maximum absolute atomic E-state index is 8.88. The minimum Gasteiger partial charge on any atom is -0.423 e. The minimum atomic E-state index is -1.50. The zero-order valence-electron chi connectivity index (χ0n) is 6.58. The third-order valence-electron chi connectivity index (χ3n) is 1.74. The number of nitrogen functional groups attached to an aromatic ring is 1. The van der Waals surface area contributed by atoms with Gasteiger partial charge in [-0.15, -0.1) is 0 Å². The molecule has 0 aliphatic heterocycles. The van der Waals surface area contributed by atoms with Gasteiger partial charge >= 0.3 is 7.12 Å². The van der Waals surface area contributed by atoms with Crippen molar-refractivity contribution in [1.82, 2.24) is 0 Å². The molecule has 0 aromatic heterocycles. The van der Waals surface area contributed by atoms with E-state index in [1.807, 2.05) is 0 Å². The fourth-order valence-corrected chi connectivity index (χ4v) is 1.17. The van der Waals surface area contributed by atoms with Crippen molar-refractivity contribution in [2.45, 2.75) is 6.92 Å². The smallest absolute Gasteiger partial charge is 0.423 e. The molecule has 0 saturated heterocycles. The second kappa shape index (κ2) is 3.35. The summed E-state index contributed by atoms with van der Waals surface area (Å²) in [5.74, 6) is 0. The van der Waals surface area contributed by atoms with Crippen molar-refractivity contribution >= 4 is 29.9 Å². The molecule has 1 aromatic rings. The molecule has 3 nitrogen and oxygen atoms in total. The lowest BCUT2D eigenvalue weighted by atomic mass is 9.77. The van der Waals surface area contributed by atoms with E-state index in [2.05, 4.69) is 0 Å². The average molecular weight is 185 g/mol. The second-order valence-corrected chi connectivity index (χ2v) is 2.93. The van der Waals surface area contributed by atoms with Gasteiger partial charge in [-0.25, -0.2) is 0 Å². The van der Waals surface area contributed by atoms with Gasteiger partial charge in [-0.3, -0.25) is 0 Å². The van der Waals surface area contributed by atoms with Gasteiger partial charge in [0.2, 0.25) is 0 Å². The first kappa shape index (κ1) is 9.38. The van der Waals surface area contributed by atoms with Gasteiger partial charge in [-0.2, -0.15) is 0 Å². The van der Waals surface area contributed by atoms with E-state index in [-0.39, 0.29) is 0 Å². The van der Waals surface area contributed by atoms with E-state index >= 15 is 0 Å². The lowest BCUT2D eigenvalue weighted by molar-refractivity contribution is 0.425. The van der Waals surface area contributed by atoms with E-state index in [0.717, 1.165) is 0 Å². The maximum Gasteiger partial charge on any atom is 0.488 e. The Morgan fingerprint density at radius 3 is 2.50 bits per heavy atom. The maximum atomic E-state index is 8.88. The summed E-state index contributed by atoms with van der Waals surface area (Å²) in [7, 11) is -1.50. The summed E-state index contributed by atoms with van der Waals surface area (Å²) < 4.78 is 0. The van der Waals surface area contributed by atoms with Crippen molar-refractivity contribution < 1.29 is 10.0 Å². The van der Waals surface area contributed by atoms with Crippen LogP contribution in [0.4, 0.5) is 5.69 Å². The molecule has 0 amide bonds. The van der Waals surface area contributed by atoms with Gasteiger partial charge in [-0.1, -0.05) is 17.7 Å². The molecule has 0 unspecified atom stereocenters. The van der Waals surface area contributed by atoms with Gasteiger partial charge in [-0.05, 0) is 24.0 Å². The first-order chi connectivity index (χ1) is 5.54. The highest BCUT2D eigenvalue weighted by Crippen LogP contribution is 2.20. The van der Waals surface area contributed by atoms with E-state index in [1.165, 1.54) is 0 Å². The molecule has 0 fully saturated rings. The molecule has 0 spiro atoms. The molecule has 0 heterocycles. The summed E-state index contributed by atoms with van der Waals surface area (Å²) in [6, 6.07) is 3.09. The molecule has 0 saturated carbocycles. The number of hydrogen-bond acceptors (Lipinski definition) is 3. The SMILES string of the molecule is Cc1c(B(O)O)ccc(N)c1Cl. The van der Waals surface area contributed by atoms with Gasteiger partial charge < -0.3 is 15.8 Å². The molecular formula is C7H9BClNO2. The van der Waals surface area contributed by atoms with Crippen LogP contribution in [-0.2, 0) is 0 Å². The fourth-order valence-electron chi connectivity index (χ4n) is 1.00. The molecular weight excluding hydrogens is 176 g/mol. The Hall–Kier alpha value is -0.705. The molecule has 0 atom stereocenters. The van der Waals surface area contributed by atoms with Crippen LogP contribution in [0, 0.1) is 6.92 Å². The summed E-state index contributed by atoms with van der Waals surface area (Å²) >= 11 is 5.78. The predicted molar refractivity (Wildman–Crippen MR) is 50.4 cm³/mol. The van der Waals surface area contributed by atoms with Gasteiger partial charge in [0.1, 0.15) is 0 Å². The molecule has 0 radical (unpaired) electrons. The lowest BCUT2D eigenvalue weighted by Gasteiger charge is -2.07. The monoisotopic (exact) mass is 185 g/mol. The van der Waals surface area contributed by atoms with Crippen LogP contribution in [0.25, 0.3) is 0 Å². The first-order valence-electron chi connectivity index (χ1n) is 3.44. The Morgan fingerprint density at radius 2 is 2.00 bits per heavy atom. The van der Waals surface area contributed by atoms with Crippen LogP contribution < -0.4 is 11.2 Å². The summed E-state index contributed by atoms with van der Waals surface area (Å²) in [6.45, 7) is 1.69. The Kier molecular flexibility index (Phi) is 2.62. The fraction of sp³-hybridized carbons (Fsp3) is 0.143. The van der Waals surface area contributed by atoms with Gasteiger partial charge in [0, 0.05) is 0 Å². The molecule has 4 N–H and O–H groups in total. The highest BCUT2D eigenvalue weighted by molar-refractivity contribution is 6.59. The van der Waals surface area contributed by atoms with Crippen LogP contribution >= 0.6 is 11.6 Å². The van der Waals surface area contributed by atoms with E-state index < -0.39 is 7.12 Å². The molecule has 0 bridgehead atoms. The summed E-state index contributed by atoms with van der Waals surface area (Å²) in [5, 5.41) is 18.1. The summed E-state index contributed by atoms with van der Waals surface area (Å²) in [5.41, 5.74) is 6.92. The van der Waals surface area contributed by atoms with Gasteiger partial charge in [0.05, 0.1) is 10.7 Å². The predicted octanol–water partition coefficient (Wildman–Crippen LogP) is -0.0896. The van der Waals surface area contributed by atoms with Crippen LogP contribution in [0.15, 0.2) is 12.1 Å². The Morgan fingerprint density at radius 1 is 1.42 bits per heavy atom. The number of benzene rings is 1. The van der Waals surface area contributed by atoms with E-state index in [4.69, 9.17) is 27.4 Å². The van der Waals surface area contributed by atoms with E-state index in [9.17, 15) is 0 Å². The number of hydrogen-bond donors (Lipinski definition) is 3. The first-order valence-corrected chi connectivity index (χ1v) is 3.82. The van der Waals surface area contributed by atoms with E-state index in [0.29, 0.717) is 21.7 Å². The number of anilines is 1. The van der Waals surface area contributed by atoms with Crippen molar-refractivity contribution in [3.8, 4) is 0 Å². The molecule has 0 aliphatic carbocycles. The summed E-state index contributed by atoms with van der Waals surface area (Å²) in [4.78, 5) is 0. The lowest BCUT2D eigenvalue weighted by Crippen LogP contribution is -2.32. The molecule has 0 aliphatic rings.